The zero-order chi connectivity index (χ0) is 20.6. The van der Waals surface area contributed by atoms with Crippen molar-refractivity contribution >= 4 is 16.8 Å². The molecule has 1 fully saturated rings. The van der Waals surface area contributed by atoms with Gasteiger partial charge in [-0.3, -0.25) is 9.48 Å². The first-order valence-electron chi connectivity index (χ1n) is 9.68. The van der Waals surface area contributed by atoms with Crippen molar-refractivity contribution in [2.24, 2.45) is 12.5 Å². The molecule has 2 atom stereocenters. The highest BCUT2D eigenvalue weighted by atomic mass is 19.1. The van der Waals surface area contributed by atoms with Crippen LogP contribution in [-0.4, -0.2) is 56.6 Å². The Kier molecular flexibility index (Phi) is 5.10. The van der Waals surface area contributed by atoms with Crippen molar-refractivity contribution in [3.05, 3.63) is 65.6 Å². The molecule has 3 aromatic rings. The summed E-state index contributed by atoms with van der Waals surface area (Å²) in [6.07, 6.45) is -0.0576. The molecule has 0 unspecified atom stereocenters. The SMILES string of the molecule is Cn1nc(C(=O)N2CC[C@H](O)[C@@](CO)(Cc3ccc(F)cc3)C2)c2ccccc21. The van der Waals surface area contributed by atoms with E-state index in [4.69, 9.17) is 0 Å². The van der Waals surface area contributed by atoms with E-state index in [0.717, 1.165) is 16.5 Å². The van der Waals surface area contributed by atoms with E-state index in [2.05, 4.69) is 5.10 Å². The van der Waals surface area contributed by atoms with E-state index in [1.807, 2.05) is 24.3 Å². The fourth-order valence-electron chi connectivity index (χ4n) is 4.24. The van der Waals surface area contributed by atoms with Crippen LogP contribution in [-0.2, 0) is 13.5 Å². The van der Waals surface area contributed by atoms with Gasteiger partial charge in [0.2, 0.25) is 0 Å². The van der Waals surface area contributed by atoms with Crippen LogP contribution in [0, 0.1) is 11.2 Å². The molecule has 0 radical (unpaired) electrons. The monoisotopic (exact) mass is 397 g/mol. The Morgan fingerprint density at radius 3 is 2.69 bits per heavy atom. The second-order valence-corrected chi connectivity index (χ2v) is 7.84. The van der Waals surface area contributed by atoms with E-state index >= 15 is 0 Å². The molecular formula is C22H24FN3O3. The van der Waals surface area contributed by atoms with E-state index in [1.165, 1.54) is 12.1 Å². The molecule has 152 valence electrons. The number of fused-ring (bicyclic) bond motifs is 1. The number of aliphatic hydroxyl groups is 2. The Morgan fingerprint density at radius 1 is 1.24 bits per heavy atom. The first-order valence-corrected chi connectivity index (χ1v) is 9.68. The second kappa shape index (κ2) is 7.57. The van der Waals surface area contributed by atoms with E-state index in [9.17, 15) is 19.4 Å². The van der Waals surface area contributed by atoms with Crippen molar-refractivity contribution in [2.45, 2.75) is 18.9 Å². The molecular weight excluding hydrogens is 373 g/mol. The molecule has 1 aromatic heterocycles. The van der Waals surface area contributed by atoms with Crippen LogP contribution in [0.3, 0.4) is 0 Å². The van der Waals surface area contributed by atoms with Crippen LogP contribution in [0.25, 0.3) is 10.9 Å². The van der Waals surface area contributed by atoms with Crippen molar-refractivity contribution < 1.29 is 19.4 Å². The summed E-state index contributed by atoms with van der Waals surface area (Å²) in [7, 11) is 1.80. The quantitative estimate of drug-likeness (QED) is 0.707. The molecule has 0 saturated carbocycles. The highest BCUT2D eigenvalue weighted by molar-refractivity contribution is 6.04. The number of benzene rings is 2. The number of likely N-dealkylation sites (tertiary alicyclic amines) is 1. The van der Waals surface area contributed by atoms with Gasteiger partial charge in [0.1, 0.15) is 5.82 Å². The topological polar surface area (TPSA) is 78.6 Å². The lowest BCUT2D eigenvalue weighted by atomic mass is 9.73. The molecule has 0 aliphatic carbocycles. The summed E-state index contributed by atoms with van der Waals surface area (Å²) in [5.41, 5.74) is 1.13. The molecule has 6 nitrogen and oxygen atoms in total. The fourth-order valence-corrected chi connectivity index (χ4v) is 4.24. The third kappa shape index (κ3) is 3.52. The number of amides is 1. The molecule has 1 amide bonds. The minimum atomic E-state index is -0.906. The van der Waals surface area contributed by atoms with Gasteiger partial charge in [-0.05, 0) is 36.6 Å². The van der Waals surface area contributed by atoms with Gasteiger partial charge in [0, 0.05) is 30.9 Å². The Morgan fingerprint density at radius 2 is 1.97 bits per heavy atom. The molecule has 2 N–H and O–H groups in total. The van der Waals surface area contributed by atoms with Gasteiger partial charge in [0.05, 0.1) is 18.2 Å². The maximum atomic E-state index is 13.3. The summed E-state index contributed by atoms with van der Waals surface area (Å²) >= 11 is 0. The van der Waals surface area contributed by atoms with Gasteiger partial charge in [-0.1, -0.05) is 30.3 Å². The summed E-state index contributed by atoms with van der Waals surface area (Å²) < 4.78 is 14.9. The number of aryl methyl sites for hydroxylation is 1. The first-order chi connectivity index (χ1) is 13.9. The predicted octanol–water partition coefficient (Wildman–Crippen LogP) is 2.14. The zero-order valence-electron chi connectivity index (χ0n) is 16.3. The summed E-state index contributed by atoms with van der Waals surface area (Å²) in [6, 6.07) is 13.6. The molecule has 0 bridgehead atoms. The Hall–Kier alpha value is -2.77. The predicted molar refractivity (Wildman–Crippen MR) is 107 cm³/mol. The molecule has 1 aliphatic rings. The van der Waals surface area contributed by atoms with Crippen molar-refractivity contribution in [1.29, 1.82) is 0 Å². The molecule has 4 rings (SSSR count). The second-order valence-electron chi connectivity index (χ2n) is 7.84. The lowest BCUT2D eigenvalue weighted by Crippen LogP contribution is -2.56. The van der Waals surface area contributed by atoms with Gasteiger partial charge in [0.15, 0.2) is 5.69 Å². The zero-order valence-corrected chi connectivity index (χ0v) is 16.3. The number of hydrogen-bond acceptors (Lipinski definition) is 4. The number of aliphatic hydroxyl groups excluding tert-OH is 2. The van der Waals surface area contributed by atoms with Gasteiger partial charge in [-0.15, -0.1) is 0 Å². The number of rotatable bonds is 4. The molecule has 2 heterocycles. The van der Waals surface area contributed by atoms with Crippen LogP contribution >= 0.6 is 0 Å². The normalized spacial score (nSPS) is 22.2. The van der Waals surface area contributed by atoms with E-state index in [-0.39, 0.29) is 24.9 Å². The van der Waals surface area contributed by atoms with E-state index < -0.39 is 11.5 Å². The highest BCUT2D eigenvalue weighted by Crippen LogP contribution is 2.35. The van der Waals surface area contributed by atoms with Gasteiger partial charge in [-0.2, -0.15) is 5.10 Å². The third-order valence-corrected chi connectivity index (χ3v) is 5.92. The molecule has 1 aliphatic heterocycles. The van der Waals surface area contributed by atoms with Crippen molar-refractivity contribution in [3.63, 3.8) is 0 Å². The fraction of sp³-hybridized carbons (Fsp3) is 0.364. The average molecular weight is 397 g/mol. The Bertz CT molecular complexity index is 1030. The van der Waals surface area contributed by atoms with Crippen molar-refractivity contribution in [2.75, 3.05) is 19.7 Å². The van der Waals surface area contributed by atoms with E-state index in [0.29, 0.717) is 25.1 Å². The lowest BCUT2D eigenvalue weighted by Gasteiger charge is -2.45. The van der Waals surface area contributed by atoms with Crippen LogP contribution in [0.4, 0.5) is 4.39 Å². The van der Waals surface area contributed by atoms with Crippen LogP contribution in [0.1, 0.15) is 22.5 Å². The van der Waals surface area contributed by atoms with Gasteiger partial charge in [-0.25, -0.2) is 4.39 Å². The highest BCUT2D eigenvalue weighted by Gasteiger charge is 2.44. The summed E-state index contributed by atoms with van der Waals surface area (Å²) in [4.78, 5) is 14.9. The van der Waals surface area contributed by atoms with Crippen LogP contribution < -0.4 is 0 Å². The van der Waals surface area contributed by atoms with Gasteiger partial charge < -0.3 is 15.1 Å². The lowest BCUT2D eigenvalue weighted by molar-refractivity contribution is -0.0669. The number of para-hydroxylation sites is 1. The number of halogens is 1. The van der Waals surface area contributed by atoms with Crippen molar-refractivity contribution in [3.8, 4) is 0 Å². The standard InChI is InChI=1S/C22H24FN3O3/c1-25-18-5-3-2-4-17(18)20(24-25)21(29)26-11-10-19(28)22(13-26,14-27)12-15-6-8-16(23)9-7-15/h2-9,19,27-28H,10-14H2,1H3/t19-,22-/m0/s1. The summed E-state index contributed by atoms with van der Waals surface area (Å²) in [5, 5.41) is 26.1. The van der Waals surface area contributed by atoms with Crippen LogP contribution in [0.2, 0.25) is 0 Å². The Balaban J connectivity index is 1.63. The van der Waals surface area contributed by atoms with Crippen LogP contribution in [0.15, 0.2) is 48.5 Å². The molecule has 29 heavy (non-hydrogen) atoms. The Labute approximate surface area is 168 Å². The van der Waals surface area contributed by atoms with E-state index in [1.54, 1.807) is 28.8 Å². The maximum Gasteiger partial charge on any atom is 0.275 e. The molecule has 0 spiro atoms. The number of nitrogens with zero attached hydrogens (tertiary/aromatic N) is 3. The van der Waals surface area contributed by atoms with Gasteiger partial charge >= 0.3 is 0 Å². The average Bonchev–Trinajstić information content (AvgIpc) is 3.08. The minimum Gasteiger partial charge on any atom is -0.396 e. The molecule has 1 saturated heterocycles. The molecule has 7 heteroatoms. The third-order valence-electron chi connectivity index (χ3n) is 5.92. The first kappa shape index (κ1) is 19.5. The number of carbonyl (C=O) groups excluding carboxylic acids is 1. The van der Waals surface area contributed by atoms with Gasteiger partial charge in [0.25, 0.3) is 5.91 Å². The smallest absolute Gasteiger partial charge is 0.275 e. The number of carbonyl (C=O) groups is 1. The summed E-state index contributed by atoms with van der Waals surface area (Å²) in [6.45, 7) is 0.306. The minimum absolute atomic E-state index is 0.200. The number of piperidine rings is 1. The van der Waals surface area contributed by atoms with Crippen LogP contribution in [0.5, 0.6) is 0 Å². The van der Waals surface area contributed by atoms with Crippen molar-refractivity contribution in [1.82, 2.24) is 14.7 Å². The largest absolute Gasteiger partial charge is 0.396 e. The molecule has 2 aromatic carbocycles. The number of hydrogen-bond donors (Lipinski definition) is 2. The summed E-state index contributed by atoms with van der Waals surface area (Å²) in [5.74, 6) is -0.555. The maximum absolute atomic E-state index is 13.3. The number of aromatic nitrogens is 2.